The fraction of sp³-hybridized carbons (Fsp3) is 0.154. The van der Waals surface area contributed by atoms with Crippen molar-refractivity contribution in [2.24, 2.45) is 7.05 Å². The summed E-state index contributed by atoms with van der Waals surface area (Å²) < 4.78 is 1.62. The molecule has 0 radical (unpaired) electrons. The lowest BCUT2D eigenvalue weighted by molar-refractivity contribution is -0.122. The van der Waals surface area contributed by atoms with Gasteiger partial charge < -0.3 is 9.88 Å². The number of halogens is 1. The molecule has 5 heteroatoms. The molecule has 0 bridgehead atoms. The number of nitrogens with one attached hydrogen (secondary N) is 1. The number of amides is 1. The highest BCUT2D eigenvalue weighted by atomic mass is 35.5. The highest BCUT2D eigenvalue weighted by Gasteiger charge is 2.21. The summed E-state index contributed by atoms with van der Waals surface area (Å²) >= 11 is 6.04. The smallest absolute Gasteiger partial charge is 0.255 e. The molecule has 156 valence electrons. The Morgan fingerprint density at radius 1 is 0.968 bits per heavy atom. The van der Waals surface area contributed by atoms with E-state index in [1.165, 1.54) is 0 Å². The van der Waals surface area contributed by atoms with Gasteiger partial charge in [-0.2, -0.15) is 0 Å². The normalized spacial score (nSPS) is 11.9. The number of fused-ring (bicyclic) bond motifs is 1. The van der Waals surface area contributed by atoms with Crippen molar-refractivity contribution in [1.29, 1.82) is 0 Å². The molecule has 0 saturated heterocycles. The van der Waals surface area contributed by atoms with E-state index in [0.717, 1.165) is 22.0 Å². The van der Waals surface area contributed by atoms with Crippen molar-refractivity contribution in [2.45, 2.75) is 18.9 Å². The molecule has 0 fully saturated rings. The molecule has 0 saturated carbocycles. The van der Waals surface area contributed by atoms with Gasteiger partial charge in [-0.1, -0.05) is 72.3 Å². The molecule has 1 atom stereocenters. The molecule has 1 unspecified atom stereocenters. The van der Waals surface area contributed by atoms with E-state index in [2.05, 4.69) is 5.32 Å². The van der Waals surface area contributed by atoms with E-state index in [9.17, 15) is 9.59 Å². The quantitative estimate of drug-likeness (QED) is 0.476. The predicted molar refractivity (Wildman–Crippen MR) is 125 cm³/mol. The van der Waals surface area contributed by atoms with E-state index in [-0.39, 0.29) is 23.9 Å². The number of benzene rings is 3. The topological polar surface area (TPSA) is 51.1 Å². The standard InChI is InChI=1S/C26H23ClN2O2/c1-29-24-10-6-5-9-20(24)16-21(26(29)31)17-28-25(30)23(15-18-7-3-2-4-8-18)19-11-13-22(27)14-12-19/h2-14,16,23H,15,17H2,1H3,(H,28,30). The summed E-state index contributed by atoms with van der Waals surface area (Å²) in [6.45, 7) is 0.176. The number of hydrogen-bond acceptors (Lipinski definition) is 2. The van der Waals surface area contributed by atoms with Crippen LogP contribution in [0.15, 0.2) is 89.7 Å². The van der Waals surface area contributed by atoms with Crippen molar-refractivity contribution in [3.8, 4) is 0 Å². The van der Waals surface area contributed by atoms with Gasteiger partial charge in [0.05, 0.1) is 11.4 Å². The van der Waals surface area contributed by atoms with Gasteiger partial charge >= 0.3 is 0 Å². The number of para-hydroxylation sites is 1. The molecule has 0 aliphatic rings. The number of carbonyl (C=O) groups excluding carboxylic acids is 1. The third-order valence-electron chi connectivity index (χ3n) is 5.53. The molecule has 0 spiro atoms. The average Bonchev–Trinajstić information content (AvgIpc) is 2.80. The van der Waals surface area contributed by atoms with Gasteiger partial charge in [0.15, 0.2) is 0 Å². The van der Waals surface area contributed by atoms with Crippen LogP contribution in [0.3, 0.4) is 0 Å². The number of pyridine rings is 1. The van der Waals surface area contributed by atoms with Gasteiger partial charge in [-0.3, -0.25) is 9.59 Å². The van der Waals surface area contributed by atoms with Gasteiger partial charge in [-0.15, -0.1) is 0 Å². The van der Waals surface area contributed by atoms with Crippen LogP contribution < -0.4 is 10.9 Å². The minimum absolute atomic E-state index is 0.106. The Hall–Kier alpha value is -3.37. The van der Waals surface area contributed by atoms with E-state index in [1.54, 1.807) is 23.7 Å². The fourth-order valence-corrected chi connectivity index (χ4v) is 3.95. The molecule has 31 heavy (non-hydrogen) atoms. The highest BCUT2D eigenvalue weighted by Crippen LogP contribution is 2.23. The SMILES string of the molecule is Cn1c(=O)c(CNC(=O)C(Cc2ccccc2)c2ccc(Cl)cc2)cc2ccccc21. The second kappa shape index (κ2) is 9.19. The van der Waals surface area contributed by atoms with E-state index in [0.29, 0.717) is 17.0 Å². The lowest BCUT2D eigenvalue weighted by Gasteiger charge is -2.18. The second-order valence-corrected chi connectivity index (χ2v) is 8.04. The lowest BCUT2D eigenvalue weighted by Crippen LogP contribution is -2.33. The highest BCUT2D eigenvalue weighted by molar-refractivity contribution is 6.30. The van der Waals surface area contributed by atoms with Crippen LogP contribution in [0.1, 0.15) is 22.6 Å². The molecule has 3 aromatic carbocycles. The molecular formula is C26H23ClN2O2. The molecule has 1 aromatic heterocycles. The van der Waals surface area contributed by atoms with Gasteiger partial charge in [0.25, 0.3) is 5.56 Å². The molecule has 1 amide bonds. The zero-order chi connectivity index (χ0) is 21.8. The predicted octanol–water partition coefficient (Wildman–Crippen LogP) is 4.83. The van der Waals surface area contributed by atoms with Crippen molar-refractivity contribution in [2.75, 3.05) is 0 Å². The number of rotatable bonds is 6. The monoisotopic (exact) mass is 430 g/mol. The Bertz CT molecular complexity index is 1260. The number of hydrogen-bond donors (Lipinski definition) is 1. The van der Waals surface area contributed by atoms with E-state index >= 15 is 0 Å². The minimum atomic E-state index is -0.385. The van der Waals surface area contributed by atoms with Gasteiger partial charge in [-0.05, 0) is 47.2 Å². The van der Waals surface area contributed by atoms with Crippen LogP contribution in [0.4, 0.5) is 0 Å². The summed E-state index contributed by atoms with van der Waals surface area (Å²) in [5, 5.41) is 4.57. The average molecular weight is 431 g/mol. The van der Waals surface area contributed by atoms with Crippen LogP contribution >= 0.6 is 11.6 Å². The summed E-state index contributed by atoms with van der Waals surface area (Å²) in [6.07, 6.45) is 0.560. The molecule has 1 N–H and O–H groups in total. The van der Waals surface area contributed by atoms with Crippen molar-refractivity contribution >= 4 is 28.4 Å². The largest absolute Gasteiger partial charge is 0.351 e. The number of aromatic nitrogens is 1. The van der Waals surface area contributed by atoms with Gasteiger partial charge in [0, 0.05) is 24.2 Å². The maximum Gasteiger partial charge on any atom is 0.255 e. The second-order valence-electron chi connectivity index (χ2n) is 7.60. The van der Waals surface area contributed by atoms with Gasteiger partial charge in [0.2, 0.25) is 5.91 Å². The van der Waals surface area contributed by atoms with E-state index in [1.807, 2.05) is 72.8 Å². The maximum atomic E-state index is 13.2. The van der Waals surface area contributed by atoms with Crippen molar-refractivity contribution < 1.29 is 4.79 Å². The summed E-state index contributed by atoms with van der Waals surface area (Å²) in [6, 6.07) is 26.8. The van der Waals surface area contributed by atoms with Crippen LogP contribution in [-0.4, -0.2) is 10.5 Å². The summed E-state index contributed by atoms with van der Waals surface area (Å²) in [4.78, 5) is 26.0. The Morgan fingerprint density at radius 2 is 1.65 bits per heavy atom. The molecule has 4 aromatic rings. The molecule has 4 rings (SSSR count). The van der Waals surface area contributed by atoms with Crippen LogP contribution in [-0.2, 0) is 24.8 Å². The van der Waals surface area contributed by atoms with Crippen molar-refractivity contribution in [3.05, 3.63) is 117 Å². The molecule has 0 aliphatic heterocycles. The Kier molecular flexibility index (Phi) is 6.19. The fourth-order valence-electron chi connectivity index (χ4n) is 3.83. The molecular weight excluding hydrogens is 408 g/mol. The van der Waals surface area contributed by atoms with Crippen molar-refractivity contribution in [3.63, 3.8) is 0 Å². The first-order valence-electron chi connectivity index (χ1n) is 10.2. The molecule has 0 aliphatic carbocycles. The number of nitrogens with zero attached hydrogens (tertiary/aromatic N) is 1. The van der Waals surface area contributed by atoms with Crippen LogP contribution in [0.25, 0.3) is 10.9 Å². The summed E-state index contributed by atoms with van der Waals surface area (Å²) in [5.41, 5.74) is 3.27. The number of aryl methyl sites for hydroxylation is 1. The summed E-state index contributed by atoms with van der Waals surface area (Å²) in [5.74, 6) is -0.509. The summed E-state index contributed by atoms with van der Waals surface area (Å²) in [7, 11) is 1.75. The Labute approximate surface area is 186 Å². The molecule has 1 heterocycles. The van der Waals surface area contributed by atoms with Crippen LogP contribution in [0, 0.1) is 0 Å². The lowest BCUT2D eigenvalue weighted by atomic mass is 9.91. The third kappa shape index (κ3) is 4.70. The van der Waals surface area contributed by atoms with E-state index < -0.39 is 0 Å². The van der Waals surface area contributed by atoms with Crippen LogP contribution in [0.2, 0.25) is 5.02 Å². The minimum Gasteiger partial charge on any atom is -0.351 e. The first kappa shape index (κ1) is 20.9. The van der Waals surface area contributed by atoms with Crippen molar-refractivity contribution in [1.82, 2.24) is 9.88 Å². The van der Waals surface area contributed by atoms with Crippen LogP contribution in [0.5, 0.6) is 0 Å². The van der Waals surface area contributed by atoms with Gasteiger partial charge in [-0.25, -0.2) is 0 Å². The Morgan fingerprint density at radius 3 is 2.39 bits per heavy atom. The number of carbonyl (C=O) groups is 1. The zero-order valence-corrected chi connectivity index (χ0v) is 18.0. The molecule has 4 nitrogen and oxygen atoms in total. The first-order chi connectivity index (χ1) is 15.0. The maximum absolute atomic E-state index is 13.2. The Balaban J connectivity index is 1.59. The first-order valence-corrected chi connectivity index (χ1v) is 10.6. The van der Waals surface area contributed by atoms with E-state index in [4.69, 9.17) is 11.6 Å². The zero-order valence-electron chi connectivity index (χ0n) is 17.2. The van der Waals surface area contributed by atoms with Gasteiger partial charge in [0.1, 0.15) is 0 Å². The third-order valence-corrected chi connectivity index (χ3v) is 5.78.